The Labute approximate surface area is 199 Å². The van der Waals surface area contributed by atoms with Crippen molar-refractivity contribution in [1.82, 2.24) is 14.5 Å². The summed E-state index contributed by atoms with van der Waals surface area (Å²) >= 11 is 0. The van der Waals surface area contributed by atoms with Crippen LogP contribution >= 0.6 is 0 Å². The van der Waals surface area contributed by atoms with E-state index in [1.807, 2.05) is 30.3 Å². The van der Waals surface area contributed by atoms with Gasteiger partial charge in [0.05, 0.1) is 10.6 Å². The quantitative estimate of drug-likeness (QED) is 0.581. The monoisotopic (exact) mass is 477 g/mol. The number of nitrogens with zero attached hydrogens (tertiary/aromatic N) is 4. The van der Waals surface area contributed by atoms with E-state index in [1.54, 1.807) is 18.2 Å². The van der Waals surface area contributed by atoms with E-state index in [0.29, 0.717) is 24.3 Å². The SMILES string of the molecule is O=C(Nc1cccc(-c2ccc(N3CCCC3)nn2)c1)c1ccc(S(=O)(=O)N2CCCC2)cc1. The van der Waals surface area contributed by atoms with Crippen LogP contribution in [0.4, 0.5) is 11.5 Å². The fourth-order valence-electron chi connectivity index (χ4n) is 4.41. The van der Waals surface area contributed by atoms with Gasteiger partial charge in [0.15, 0.2) is 5.82 Å². The van der Waals surface area contributed by atoms with Gasteiger partial charge in [-0.3, -0.25) is 4.79 Å². The number of benzene rings is 2. The van der Waals surface area contributed by atoms with E-state index in [-0.39, 0.29) is 10.8 Å². The Bertz CT molecular complexity index is 1260. The number of nitrogens with one attached hydrogen (secondary N) is 1. The molecule has 176 valence electrons. The second kappa shape index (κ2) is 9.52. The minimum atomic E-state index is -3.50. The molecule has 1 amide bonds. The summed E-state index contributed by atoms with van der Waals surface area (Å²) in [6.07, 6.45) is 4.13. The lowest BCUT2D eigenvalue weighted by Crippen LogP contribution is -2.27. The van der Waals surface area contributed by atoms with Gasteiger partial charge in [-0.2, -0.15) is 4.31 Å². The van der Waals surface area contributed by atoms with Crippen molar-refractivity contribution in [2.45, 2.75) is 30.6 Å². The summed E-state index contributed by atoms with van der Waals surface area (Å²) in [4.78, 5) is 15.2. The average Bonchev–Trinajstić information content (AvgIpc) is 3.60. The predicted octanol–water partition coefficient (Wildman–Crippen LogP) is 3.78. The summed E-state index contributed by atoms with van der Waals surface area (Å²) in [5.41, 5.74) is 2.60. The number of hydrogen-bond donors (Lipinski definition) is 1. The van der Waals surface area contributed by atoms with Crippen molar-refractivity contribution in [3.05, 3.63) is 66.2 Å². The molecule has 2 saturated heterocycles. The van der Waals surface area contributed by atoms with Gasteiger partial charge in [-0.05, 0) is 74.2 Å². The number of sulfonamides is 1. The smallest absolute Gasteiger partial charge is 0.255 e. The lowest BCUT2D eigenvalue weighted by Gasteiger charge is -2.15. The lowest BCUT2D eigenvalue weighted by atomic mass is 10.1. The molecule has 0 spiro atoms. The molecule has 3 aromatic rings. The molecule has 2 aromatic carbocycles. The summed E-state index contributed by atoms with van der Waals surface area (Å²) in [5.74, 6) is 0.582. The molecule has 8 nitrogen and oxygen atoms in total. The number of rotatable bonds is 6. The molecule has 0 unspecified atom stereocenters. The lowest BCUT2D eigenvalue weighted by molar-refractivity contribution is 0.102. The number of carbonyl (C=O) groups excluding carboxylic acids is 1. The highest BCUT2D eigenvalue weighted by molar-refractivity contribution is 7.89. The van der Waals surface area contributed by atoms with Crippen LogP contribution in [-0.4, -0.2) is 55.0 Å². The molecule has 2 fully saturated rings. The van der Waals surface area contributed by atoms with E-state index in [0.717, 1.165) is 43.0 Å². The maximum Gasteiger partial charge on any atom is 0.255 e. The Hall–Kier alpha value is -3.30. The third-order valence-electron chi connectivity index (χ3n) is 6.32. The first-order valence-corrected chi connectivity index (χ1v) is 13.1. The Morgan fingerprint density at radius 3 is 2.21 bits per heavy atom. The first-order chi connectivity index (χ1) is 16.5. The third-order valence-corrected chi connectivity index (χ3v) is 8.23. The van der Waals surface area contributed by atoms with E-state index >= 15 is 0 Å². The van der Waals surface area contributed by atoms with Crippen molar-refractivity contribution < 1.29 is 13.2 Å². The number of aromatic nitrogens is 2. The van der Waals surface area contributed by atoms with Crippen molar-refractivity contribution in [3.63, 3.8) is 0 Å². The molecule has 0 saturated carbocycles. The van der Waals surface area contributed by atoms with Crippen molar-refractivity contribution in [1.29, 1.82) is 0 Å². The van der Waals surface area contributed by atoms with Crippen LogP contribution in [0.25, 0.3) is 11.3 Å². The largest absolute Gasteiger partial charge is 0.355 e. The zero-order valence-corrected chi connectivity index (χ0v) is 19.7. The molecule has 5 rings (SSSR count). The second-order valence-electron chi connectivity index (χ2n) is 8.64. The topological polar surface area (TPSA) is 95.5 Å². The van der Waals surface area contributed by atoms with Gasteiger partial charge < -0.3 is 10.2 Å². The van der Waals surface area contributed by atoms with Gasteiger partial charge in [-0.25, -0.2) is 8.42 Å². The number of amides is 1. The third kappa shape index (κ3) is 4.67. The van der Waals surface area contributed by atoms with E-state index in [1.165, 1.54) is 29.3 Å². The summed E-state index contributed by atoms with van der Waals surface area (Å²) in [6.45, 7) is 3.12. The van der Waals surface area contributed by atoms with Crippen molar-refractivity contribution >= 4 is 27.4 Å². The molecule has 1 aromatic heterocycles. The minimum absolute atomic E-state index is 0.212. The fourth-order valence-corrected chi connectivity index (χ4v) is 5.93. The standard InChI is InChI=1S/C25H27N5O3S/c31-25(19-8-10-22(11-9-19)34(32,33)30-16-3-4-17-30)26-21-7-5-6-20(18-21)23-12-13-24(28-27-23)29-14-1-2-15-29/h5-13,18H,1-4,14-17H2,(H,26,31). The van der Waals surface area contributed by atoms with Crippen LogP contribution in [0.2, 0.25) is 0 Å². The zero-order valence-electron chi connectivity index (χ0n) is 18.9. The molecule has 0 atom stereocenters. The van der Waals surface area contributed by atoms with E-state index < -0.39 is 10.0 Å². The van der Waals surface area contributed by atoms with Gasteiger partial charge in [0.25, 0.3) is 5.91 Å². The van der Waals surface area contributed by atoms with E-state index in [2.05, 4.69) is 20.4 Å². The molecule has 0 aliphatic carbocycles. The zero-order chi connectivity index (χ0) is 23.5. The molecule has 3 heterocycles. The summed E-state index contributed by atoms with van der Waals surface area (Å²) < 4.78 is 26.9. The Morgan fingerprint density at radius 2 is 1.53 bits per heavy atom. The maximum atomic E-state index is 12.8. The highest BCUT2D eigenvalue weighted by Gasteiger charge is 2.27. The van der Waals surface area contributed by atoms with Gasteiger partial charge >= 0.3 is 0 Å². The highest BCUT2D eigenvalue weighted by atomic mass is 32.2. The van der Waals surface area contributed by atoms with Gasteiger partial charge in [0.2, 0.25) is 10.0 Å². The molecule has 2 aliphatic heterocycles. The second-order valence-corrected chi connectivity index (χ2v) is 10.6. The van der Waals surface area contributed by atoms with Crippen LogP contribution in [0, 0.1) is 0 Å². The Kier molecular flexibility index (Phi) is 6.30. The fraction of sp³-hybridized carbons (Fsp3) is 0.320. The first kappa shape index (κ1) is 22.5. The average molecular weight is 478 g/mol. The maximum absolute atomic E-state index is 12.8. The van der Waals surface area contributed by atoms with E-state index in [4.69, 9.17) is 0 Å². The van der Waals surface area contributed by atoms with Gasteiger partial charge in [0, 0.05) is 43.0 Å². The van der Waals surface area contributed by atoms with Crippen molar-refractivity contribution in [2.75, 3.05) is 36.4 Å². The molecular weight excluding hydrogens is 450 g/mol. The van der Waals surface area contributed by atoms with Crippen LogP contribution in [-0.2, 0) is 10.0 Å². The normalized spacial score (nSPS) is 16.6. The minimum Gasteiger partial charge on any atom is -0.355 e. The van der Waals surface area contributed by atoms with Crippen molar-refractivity contribution in [3.8, 4) is 11.3 Å². The summed E-state index contributed by atoms with van der Waals surface area (Å²) in [5, 5.41) is 11.6. The van der Waals surface area contributed by atoms with Crippen LogP contribution in [0.3, 0.4) is 0 Å². The number of anilines is 2. The predicted molar refractivity (Wildman–Crippen MR) is 131 cm³/mol. The van der Waals surface area contributed by atoms with Crippen LogP contribution in [0.1, 0.15) is 36.0 Å². The van der Waals surface area contributed by atoms with Gasteiger partial charge in [-0.15, -0.1) is 10.2 Å². The summed E-state index contributed by atoms with van der Waals surface area (Å²) in [6, 6.07) is 17.4. The van der Waals surface area contributed by atoms with Crippen molar-refractivity contribution in [2.24, 2.45) is 0 Å². The first-order valence-electron chi connectivity index (χ1n) is 11.6. The molecule has 2 aliphatic rings. The molecule has 0 bridgehead atoms. The highest BCUT2D eigenvalue weighted by Crippen LogP contribution is 2.24. The Balaban J connectivity index is 1.27. The van der Waals surface area contributed by atoms with Crippen LogP contribution < -0.4 is 10.2 Å². The Morgan fingerprint density at radius 1 is 0.824 bits per heavy atom. The number of carbonyl (C=O) groups is 1. The van der Waals surface area contributed by atoms with Crippen LogP contribution in [0.15, 0.2) is 65.6 Å². The molecule has 34 heavy (non-hydrogen) atoms. The number of hydrogen-bond acceptors (Lipinski definition) is 6. The van der Waals surface area contributed by atoms with Gasteiger partial charge in [0.1, 0.15) is 0 Å². The molecule has 0 radical (unpaired) electrons. The molecular formula is C25H27N5O3S. The van der Waals surface area contributed by atoms with E-state index in [9.17, 15) is 13.2 Å². The van der Waals surface area contributed by atoms with Crippen LogP contribution in [0.5, 0.6) is 0 Å². The van der Waals surface area contributed by atoms with Gasteiger partial charge in [-0.1, -0.05) is 12.1 Å². The summed E-state index contributed by atoms with van der Waals surface area (Å²) in [7, 11) is -3.50. The molecule has 9 heteroatoms. The molecule has 1 N–H and O–H groups in total.